The Hall–Kier alpha value is -6.35. The molecule has 0 saturated carbocycles. The van der Waals surface area contributed by atoms with Crippen LogP contribution >= 0.6 is 0 Å². The monoisotopic (exact) mass is 1130 g/mol. The van der Waals surface area contributed by atoms with Gasteiger partial charge in [-0.3, -0.25) is 9.55 Å². The second-order valence-electron chi connectivity index (χ2n) is 23.1. The van der Waals surface area contributed by atoms with Crippen LogP contribution in [0.5, 0.6) is 5.75 Å². The van der Waals surface area contributed by atoms with Crippen LogP contribution in [0.3, 0.4) is 0 Å². The van der Waals surface area contributed by atoms with E-state index in [1.807, 2.05) is 54.7 Å². The Balaban J connectivity index is 0.00000747. The van der Waals surface area contributed by atoms with Gasteiger partial charge in [0.15, 0.2) is 0 Å². The number of hydrogen-bond donors (Lipinski definition) is 1. The van der Waals surface area contributed by atoms with E-state index in [2.05, 4.69) is 198 Å². The molecule has 2 heterocycles. The zero-order valence-corrected chi connectivity index (χ0v) is 46.5. The van der Waals surface area contributed by atoms with E-state index < -0.39 is 6.85 Å². The van der Waals surface area contributed by atoms with Crippen molar-refractivity contribution in [1.82, 2.24) is 14.5 Å². The van der Waals surface area contributed by atoms with Crippen molar-refractivity contribution < 1.29 is 30.3 Å². The first-order valence-corrected chi connectivity index (χ1v) is 25.2. The Morgan fingerprint density at radius 1 is 0.542 bits per heavy atom. The molecule has 7 aromatic carbocycles. The number of para-hydroxylation sites is 1. The maximum atomic E-state index is 12.6. The number of aromatic hydroxyl groups is 1. The zero-order valence-electron chi connectivity index (χ0n) is 47.2. The van der Waals surface area contributed by atoms with Crippen LogP contribution < -0.4 is 0 Å². The van der Waals surface area contributed by atoms with Crippen LogP contribution in [0.15, 0.2) is 152 Å². The summed E-state index contributed by atoms with van der Waals surface area (Å²) in [7, 11) is 0. The summed E-state index contributed by atoms with van der Waals surface area (Å²) in [5.41, 5.74) is 16.8. The molecule has 1 N–H and O–H groups in total. The molecule has 0 unspecified atom stereocenters. The third-order valence-electron chi connectivity index (χ3n) is 14.0. The Labute approximate surface area is 448 Å². The Morgan fingerprint density at radius 3 is 1.75 bits per heavy atom. The van der Waals surface area contributed by atoms with Gasteiger partial charge >= 0.3 is 0 Å². The predicted octanol–water partition coefficient (Wildman–Crippen LogP) is 18.4. The molecule has 0 atom stereocenters. The first kappa shape index (κ1) is 47.9. The molecule has 4 nitrogen and oxygen atoms in total. The van der Waals surface area contributed by atoms with Gasteiger partial charge < -0.3 is 5.11 Å². The zero-order chi connectivity index (χ0) is 53.2. The SMILES string of the molecule is [2H]C([2H])([2H])c1cc(-n2c(-c3cc(C(C)C)cc(C(C)C)c3O)nc3c(-c4[c-]c(-c5cc(-c6ccc(C(C)(C)C)cc6)ccn5)cc(C(C)(C)C)c4)cccc32)c(-c2ccc(C(C)(C)C)cc2)cc1-c1ccccc1.[Pt]. The molecular weight excluding hydrogens is 1060 g/mol. The quantitative estimate of drug-likeness (QED) is 0.147. The minimum absolute atomic E-state index is 0. The van der Waals surface area contributed by atoms with Gasteiger partial charge in [0.1, 0.15) is 11.6 Å². The van der Waals surface area contributed by atoms with Gasteiger partial charge in [-0.15, -0.1) is 29.3 Å². The first-order chi connectivity index (χ1) is 34.8. The van der Waals surface area contributed by atoms with Crippen LogP contribution in [-0.2, 0) is 37.3 Å². The van der Waals surface area contributed by atoms with Gasteiger partial charge in [0.05, 0.1) is 22.3 Å². The van der Waals surface area contributed by atoms with Crippen molar-refractivity contribution in [2.24, 2.45) is 0 Å². The normalized spacial score (nSPS) is 13.0. The number of aryl methyl sites for hydroxylation is 1. The van der Waals surface area contributed by atoms with Gasteiger partial charge in [0.25, 0.3) is 0 Å². The Kier molecular flexibility index (Phi) is 13.3. The van der Waals surface area contributed by atoms with E-state index in [1.54, 1.807) is 0 Å². The average Bonchev–Trinajstić information content (AvgIpc) is 3.74. The molecule has 0 fully saturated rings. The minimum Gasteiger partial charge on any atom is -0.507 e. The number of fused-ring (bicyclic) bond motifs is 1. The number of phenols is 1. The van der Waals surface area contributed by atoms with E-state index in [1.165, 1.54) is 11.1 Å². The molecule has 0 aliphatic rings. The number of phenolic OH excluding ortho intramolecular Hbond substituents is 1. The maximum absolute atomic E-state index is 12.6. The molecule has 2 aromatic heterocycles. The molecule has 370 valence electrons. The number of benzene rings is 7. The molecule has 0 aliphatic heterocycles. The van der Waals surface area contributed by atoms with Crippen LogP contribution in [0.25, 0.3) is 83.9 Å². The van der Waals surface area contributed by atoms with Crippen molar-refractivity contribution in [3.05, 3.63) is 191 Å². The smallest absolute Gasteiger partial charge is 0.148 e. The molecule has 0 radical (unpaired) electrons. The van der Waals surface area contributed by atoms with Gasteiger partial charge in [-0.25, -0.2) is 4.98 Å². The van der Waals surface area contributed by atoms with Crippen molar-refractivity contribution in [2.45, 2.75) is 125 Å². The van der Waals surface area contributed by atoms with Crippen LogP contribution in [-0.4, -0.2) is 19.6 Å². The molecule has 5 heteroatoms. The topological polar surface area (TPSA) is 50.9 Å². The standard InChI is InChI=1S/C67H70N3O.Pt/c1-41(2)48-37-55(42(3)4)63(71)58(38-48)64-69-62-54(49-34-50(36-53(35-49)67(12,13)14)59-39-47(31-32-68-59)44-23-27-51(28-24-44)65(6,7)8)21-18-22-60(62)70(64)61-33-43(5)56(45-19-16-15-17-20-45)40-57(61)46-25-29-52(30-26-46)66(9,10)11;/h15-33,35-42,71H,1-14H3;/q-1;/i5D3;. The van der Waals surface area contributed by atoms with Crippen molar-refractivity contribution in [3.63, 3.8) is 0 Å². The summed E-state index contributed by atoms with van der Waals surface area (Å²) in [6, 6.07) is 53.9. The van der Waals surface area contributed by atoms with Crippen molar-refractivity contribution in [2.75, 3.05) is 0 Å². The Bertz CT molecular complexity index is 3530. The molecule has 9 rings (SSSR count). The van der Waals surface area contributed by atoms with Crippen LogP contribution in [0.1, 0.15) is 139 Å². The first-order valence-electron chi connectivity index (χ1n) is 26.7. The molecule has 9 aromatic rings. The van der Waals surface area contributed by atoms with E-state index in [-0.39, 0.29) is 60.5 Å². The molecule has 0 bridgehead atoms. The fourth-order valence-corrected chi connectivity index (χ4v) is 9.58. The molecular formula is C67H70N3OPt-. The fourth-order valence-electron chi connectivity index (χ4n) is 9.58. The van der Waals surface area contributed by atoms with Crippen molar-refractivity contribution >= 4 is 11.0 Å². The van der Waals surface area contributed by atoms with Gasteiger partial charge in [0, 0.05) is 42.6 Å². The summed E-state index contributed by atoms with van der Waals surface area (Å²) < 4.78 is 29.3. The van der Waals surface area contributed by atoms with Gasteiger partial charge in [-0.05, 0) is 121 Å². The van der Waals surface area contributed by atoms with E-state index in [0.29, 0.717) is 28.2 Å². The van der Waals surface area contributed by atoms with Gasteiger partial charge in [-0.2, -0.15) is 0 Å². The van der Waals surface area contributed by atoms with Crippen LogP contribution in [0.2, 0.25) is 0 Å². The largest absolute Gasteiger partial charge is 0.507 e. The summed E-state index contributed by atoms with van der Waals surface area (Å²) >= 11 is 0. The maximum Gasteiger partial charge on any atom is 0.148 e. The number of rotatable bonds is 9. The minimum atomic E-state index is -2.49. The number of nitrogens with zero attached hydrogens (tertiary/aromatic N) is 3. The Morgan fingerprint density at radius 2 is 1.15 bits per heavy atom. The fraction of sp³-hybridized carbons (Fsp3) is 0.284. The molecule has 0 amide bonds. The van der Waals surface area contributed by atoms with Crippen molar-refractivity contribution in [3.8, 4) is 78.6 Å². The third-order valence-corrected chi connectivity index (χ3v) is 14.0. The summed E-state index contributed by atoms with van der Waals surface area (Å²) in [6.45, 7) is 26.0. The van der Waals surface area contributed by atoms with E-state index in [0.717, 1.165) is 72.4 Å². The summed E-state index contributed by atoms with van der Waals surface area (Å²) in [5.74, 6) is 0.809. The summed E-state index contributed by atoms with van der Waals surface area (Å²) in [5, 5.41) is 12.6. The van der Waals surface area contributed by atoms with Crippen molar-refractivity contribution in [1.29, 1.82) is 0 Å². The number of aromatic nitrogens is 3. The third kappa shape index (κ3) is 10.3. The average molecular weight is 1130 g/mol. The second-order valence-corrected chi connectivity index (χ2v) is 23.1. The molecule has 0 aliphatic carbocycles. The summed E-state index contributed by atoms with van der Waals surface area (Å²) in [6.07, 6.45) is 1.88. The molecule has 72 heavy (non-hydrogen) atoms. The van der Waals surface area contributed by atoms with Gasteiger partial charge in [0.2, 0.25) is 0 Å². The molecule has 0 saturated heterocycles. The van der Waals surface area contributed by atoms with Gasteiger partial charge in [-0.1, -0.05) is 204 Å². The van der Waals surface area contributed by atoms with Crippen LogP contribution in [0, 0.1) is 12.9 Å². The number of pyridine rings is 1. The van der Waals surface area contributed by atoms with E-state index >= 15 is 0 Å². The van der Waals surface area contributed by atoms with Crippen LogP contribution in [0.4, 0.5) is 0 Å². The van der Waals surface area contributed by atoms with E-state index in [4.69, 9.17) is 14.1 Å². The number of hydrogen-bond acceptors (Lipinski definition) is 3. The summed E-state index contributed by atoms with van der Waals surface area (Å²) in [4.78, 5) is 10.6. The predicted molar refractivity (Wildman–Crippen MR) is 301 cm³/mol. The van der Waals surface area contributed by atoms with E-state index in [9.17, 15) is 5.11 Å². The number of imidazole rings is 1. The molecule has 0 spiro atoms. The second kappa shape index (κ2) is 19.9.